The van der Waals surface area contributed by atoms with Crippen LogP contribution in [-0.2, 0) is 9.47 Å². The molecule has 1 aliphatic rings. The van der Waals surface area contributed by atoms with Gasteiger partial charge >= 0.3 is 0 Å². The molecule has 0 unspecified atom stereocenters. The standard InChI is InChI=1S/C13H16Br2O6/c1-13(2)20-11-7(14)9(18-5-16-3)10(19-6-17-4)8(15)12(11)21-13/h5-6H2,1-4H3. The average molecular weight is 428 g/mol. The number of hydrogen-bond acceptors (Lipinski definition) is 6. The molecule has 1 aromatic carbocycles. The lowest BCUT2D eigenvalue weighted by molar-refractivity contribution is -0.0438. The third-order valence-corrected chi connectivity index (χ3v) is 3.99. The Morgan fingerprint density at radius 3 is 1.57 bits per heavy atom. The van der Waals surface area contributed by atoms with E-state index in [1.165, 1.54) is 14.2 Å². The van der Waals surface area contributed by atoms with E-state index in [9.17, 15) is 0 Å². The fourth-order valence-corrected chi connectivity index (χ4v) is 2.90. The SMILES string of the molecule is COCOc1c(Br)c2c(c(Br)c1OCOC)OC(C)(C)O2. The van der Waals surface area contributed by atoms with E-state index in [0.29, 0.717) is 31.9 Å². The Bertz CT molecular complexity index is 487. The molecule has 0 saturated carbocycles. The van der Waals surface area contributed by atoms with Crippen LogP contribution >= 0.6 is 31.9 Å². The first kappa shape index (κ1) is 16.7. The van der Waals surface area contributed by atoms with Gasteiger partial charge in [-0.3, -0.25) is 0 Å². The van der Waals surface area contributed by atoms with E-state index in [1.54, 1.807) is 0 Å². The number of rotatable bonds is 6. The summed E-state index contributed by atoms with van der Waals surface area (Å²) in [5.41, 5.74) is 0. The lowest BCUT2D eigenvalue weighted by atomic mass is 10.2. The summed E-state index contributed by atoms with van der Waals surface area (Å²) >= 11 is 6.93. The fourth-order valence-electron chi connectivity index (χ4n) is 1.79. The highest BCUT2D eigenvalue weighted by Crippen LogP contribution is 2.57. The second-order valence-corrected chi connectivity index (χ2v) is 6.24. The summed E-state index contributed by atoms with van der Waals surface area (Å²) in [6.45, 7) is 3.77. The fraction of sp³-hybridized carbons (Fsp3) is 0.538. The van der Waals surface area contributed by atoms with Gasteiger partial charge in [-0.1, -0.05) is 0 Å². The number of benzene rings is 1. The molecule has 1 aromatic rings. The molecule has 6 nitrogen and oxygen atoms in total. The van der Waals surface area contributed by atoms with Gasteiger partial charge in [0.2, 0.25) is 5.79 Å². The van der Waals surface area contributed by atoms with Crippen LogP contribution in [0.4, 0.5) is 0 Å². The minimum Gasteiger partial charge on any atom is -0.462 e. The molecular formula is C13H16Br2O6. The second-order valence-electron chi connectivity index (χ2n) is 4.65. The molecule has 1 heterocycles. The highest BCUT2D eigenvalue weighted by molar-refractivity contribution is 9.11. The summed E-state index contributed by atoms with van der Waals surface area (Å²) in [6, 6.07) is 0. The van der Waals surface area contributed by atoms with Crippen LogP contribution in [-0.4, -0.2) is 33.6 Å². The molecule has 0 radical (unpaired) electrons. The van der Waals surface area contributed by atoms with Crippen LogP contribution in [0.2, 0.25) is 0 Å². The highest BCUT2D eigenvalue weighted by Gasteiger charge is 2.39. The first-order valence-corrected chi connectivity index (χ1v) is 7.66. The Morgan fingerprint density at radius 2 is 1.24 bits per heavy atom. The van der Waals surface area contributed by atoms with Crippen molar-refractivity contribution >= 4 is 31.9 Å². The van der Waals surface area contributed by atoms with Crippen LogP contribution in [0.1, 0.15) is 13.8 Å². The van der Waals surface area contributed by atoms with Crippen molar-refractivity contribution in [3.63, 3.8) is 0 Å². The van der Waals surface area contributed by atoms with Gasteiger partial charge in [0.05, 0.1) is 0 Å². The quantitative estimate of drug-likeness (QED) is 0.645. The molecule has 0 aliphatic carbocycles. The van der Waals surface area contributed by atoms with E-state index in [2.05, 4.69) is 31.9 Å². The Balaban J connectivity index is 2.50. The van der Waals surface area contributed by atoms with Gasteiger partial charge in [-0.05, 0) is 31.9 Å². The van der Waals surface area contributed by atoms with Crippen LogP contribution in [0.15, 0.2) is 8.95 Å². The van der Waals surface area contributed by atoms with Crippen molar-refractivity contribution in [1.29, 1.82) is 0 Å². The first-order valence-electron chi connectivity index (χ1n) is 6.07. The van der Waals surface area contributed by atoms with Crippen molar-refractivity contribution in [2.75, 3.05) is 27.8 Å². The van der Waals surface area contributed by atoms with Crippen LogP contribution < -0.4 is 18.9 Å². The molecule has 0 saturated heterocycles. The molecule has 118 valence electrons. The summed E-state index contributed by atoms with van der Waals surface area (Å²) in [4.78, 5) is 0. The summed E-state index contributed by atoms with van der Waals surface area (Å²) in [6.07, 6.45) is 0. The summed E-state index contributed by atoms with van der Waals surface area (Å²) in [7, 11) is 3.07. The van der Waals surface area contributed by atoms with Gasteiger partial charge < -0.3 is 28.4 Å². The van der Waals surface area contributed by atoms with E-state index in [1.807, 2.05) is 13.8 Å². The Hall–Kier alpha value is -0.700. The van der Waals surface area contributed by atoms with E-state index in [-0.39, 0.29) is 13.6 Å². The largest absolute Gasteiger partial charge is 0.462 e. The van der Waals surface area contributed by atoms with Gasteiger partial charge in [-0.25, -0.2) is 0 Å². The highest BCUT2D eigenvalue weighted by atomic mass is 79.9. The van der Waals surface area contributed by atoms with E-state index < -0.39 is 5.79 Å². The van der Waals surface area contributed by atoms with E-state index in [0.717, 1.165) is 0 Å². The molecule has 0 aromatic heterocycles. The lowest BCUT2D eigenvalue weighted by Crippen LogP contribution is -2.29. The Labute approximate surface area is 139 Å². The van der Waals surface area contributed by atoms with Crippen LogP contribution in [0.3, 0.4) is 0 Å². The predicted octanol–water partition coefficient (Wildman–Crippen LogP) is 3.68. The van der Waals surface area contributed by atoms with Gasteiger partial charge in [-0.2, -0.15) is 0 Å². The molecule has 0 N–H and O–H groups in total. The molecule has 0 atom stereocenters. The molecule has 2 rings (SSSR count). The molecule has 0 spiro atoms. The molecule has 1 aliphatic heterocycles. The second kappa shape index (κ2) is 6.60. The number of methoxy groups -OCH3 is 2. The van der Waals surface area contributed by atoms with Gasteiger partial charge in [0.15, 0.2) is 36.6 Å². The molecular weight excluding hydrogens is 412 g/mol. The number of halogens is 2. The minimum atomic E-state index is -0.772. The van der Waals surface area contributed by atoms with Gasteiger partial charge in [0, 0.05) is 28.1 Å². The summed E-state index contributed by atoms with van der Waals surface area (Å²) in [5, 5.41) is 0. The number of fused-ring (bicyclic) bond motifs is 1. The molecule has 0 amide bonds. The van der Waals surface area contributed by atoms with E-state index >= 15 is 0 Å². The Morgan fingerprint density at radius 1 is 0.857 bits per heavy atom. The Kier molecular flexibility index (Phi) is 5.24. The van der Waals surface area contributed by atoms with Crippen LogP contribution in [0, 0.1) is 0 Å². The smallest absolute Gasteiger partial charge is 0.246 e. The lowest BCUT2D eigenvalue weighted by Gasteiger charge is -2.16. The third kappa shape index (κ3) is 3.39. The molecule has 21 heavy (non-hydrogen) atoms. The van der Waals surface area contributed by atoms with Crippen molar-refractivity contribution in [2.45, 2.75) is 19.6 Å². The predicted molar refractivity (Wildman–Crippen MR) is 82.2 cm³/mol. The molecule has 0 fully saturated rings. The topological polar surface area (TPSA) is 55.4 Å². The van der Waals surface area contributed by atoms with Gasteiger partial charge in [-0.15, -0.1) is 0 Å². The maximum Gasteiger partial charge on any atom is 0.246 e. The zero-order valence-corrected chi connectivity index (χ0v) is 15.3. The van der Waals surface area contributed by atoms with Crippen molar-refractivity contribution in [2.24, 2.45) is 0 Å². The zero-order chi connectivity index (χ0) is 15.6. The van der Waals surface area contributed by atoms with E-state index in [4.69, 9.17) is 28.4 Å². The number of hydrogen-bond donors (Lipinski definition) is 0. The monoisotopic (exact) mass is 426 g/mol. The normalized spacial score (nSPS) is 15.1. The zero-order valence-electron chi connectivity index (χ0n) is 12.1. The van der Waals surface area contributed by atoms with Gasteiger partial charge in [0.25, 0.3) is 0 Å². The first-order chi connectivity index (χ1) is 9.91. The van der Waals surface area contributed by atoms with Crippen molar-refractivity contribution in [3.05, 3.63) is 8.95 Å². The summed E-state index contributed by atoms with van der Waals surface area (Å²) < 4.78 is 33.8. The molecule has 8 heteroatoms. The third-order valence-electron chi connectivity index (χ3n) is 2.55. The van der Waals surface area contributed by atoms with Crippen molar-refractivity contribution in [3.8, 4) is 23.0 Å². The minimum absolute atomic E-state index is 0.0669. The summed E-state index contributed by atoms with van der Waals surface area (Å²) in [5.74, 6) is 1.21. The van der Waals surface area contributed by atoms with Crippen molar-refractivity contribution < 1.29 is 28.4 Å². The van der Waals surface area contributed by atoms with Gasteiger partial charge in [0.1, 0.15) is 8.95 Å². The van der Waals surface area contributed by atoms with Crippen molar-refractivity contribution in [1.82, 2.24) is 0 Å². The number of ether oxygens (including phenoxy) is 6. The molecule has 0 bridgehead atoms. The average Bonchev–Trinajstić information content (AvgIpc) is 2.76. The maximum atomic E-state index is 5.78. The maximum absolute atomic E-state index is 5.78. The van der Waals surface area contributed by atoms with Crippen LogP contribution in [0.5, 0.6) is 23.0 Å². The van der Waals surface area contributed by atoms with Crippen LogP contribution in [0.25, 0.3) is 0 Å².